The van der Waals surface area contributed by atoms with E-state index in [0.29, 0.717) is 5.56 Å². The van der Waals surface area contributed by atoms with Gasteiger partial charge < -0.3 is 5.73 Å². The third-order valence-electron chi connectivity index (χ3n) is 2.79. The Labute approximate surface area is 120 Å². The number of rotatable bonds is 5. The minimum absolute atomic E-state index is 0.132. The zero-order chi connectivity index (χ0) is 15.5. The molecule has 0 atom stereocenters. The van der Waals surface area contributed by atoms with Crippen molar-refractivity contribution in [3.05, 3.63) is 59.3 Å². The number of hydrogen-bond donors (Lipinski definition) is 2. The van der Waals surface area contributed by atoms with E-state index in [9.17, 15) is 17.2 Å². The van der Waals surface area contributed by atoms with Crippen molar-refractivity contribution in [1.29, 1.82) is 0 Å². The Bertz CT molecular complexity index is 751. The van der Waals surface area contributed by atoms with Crippen molar-refractivity contribution in [3.8, 4) is 0 Å². The van der Waals surface area contributed by atoms with Crippen molar-refractivity contribution in [2.24, 2.45) is 5.73 Å². The molecule has 0 saturated carbocycles. The minimum Gasteiger partial charge on any atom is -0.326 e. The van der Waals surface area contributed by atoms with E-state index in [1.807, 2.05) is 0 Å². The smallest absolute Gasteiger partial charge is 0.261 e. The van der Waals surface area contributed by atoms with Gasteiger partial charge in [-0.1, -0.05) is 12.1 Å². The average Bonchev–Trinajstić information content (AvgIpc) is 2.46. The van der Waals surface area contributed by atoms with Crippen LogP contribution in [0.3, 0.4) is 0 Å². The van der Waals surface area contributed by atoms with Crippen LogP contribution in [0.4, 0.5) is 8.78 Å². The highest BCUT2D eigenvalue weighted by Crippen LogP contribution is 2.13. The molecule has 0 bridgehead atoms. The highest BCUT2D eigenvalue weighted by molar-refractivity contribution is 7.89. The summed E-state index contributed by atoms with van der Waals surface area (Å²) in [6.45, 7) is -0.128. The van der Waals surface area contributed by atoms with Crippen LogP contribution in [-0.4, -0.2) is 13.4 Å². The van der Waals surface area contributed by atoms with Gasteiger partial charge in [0.1, 0.15) is 5.82 Å². The number of benzene rings is 1. The first-order chi connectivity index (χ1) is 9.94. The number of aromatic nitrogens is 1. The molecule has 1 heterocycles. The van der Waals surface area contributed by atoms with E-state index in [1.165, 1.54) is 18.2 Å². The zero-order valence-electron chi connectivity index (χ0n) is 10.9. The molecule has 0 fully saturated rings. The first-order valence-electron chi connectivity index (χ1n) is 6.01. The molecule has 1 aromatic heterocycles. The zero-order valence-corrected chi connectivity index (χ0v) is 11.7. The maximum atomic E-state index is 13.7. The van der Waals surface area contributed by atoms with Gasteiger partial charge >= 0.3 is 0 Å². The van der Waals surface area contributed by atoms with Crippen LogP contribution in [0, 0.1) is 11.6 Å². The Morgan fingerprint density at radius 1 is 1.19 bits per heavy atom. The predicted molar refractivity (Wildman–Crippen MR) is 72.5 cm³/mol. The van der Waals surface area contributed by atoms with Gasteiger partial charge in [0.2, 0.25) is 5.03 Å². The van der Waals surface area contributed by atoms with Crippen molar-refractivity contribution < 1.29 is 17.2 Å². The molecule has 1 aromatic carbocycles. The van der Waals surface area contributed by atoms with Crippen molar-refractivity contribution in [2.45, 2.75) is 18.1 Å². The second-order valence-corrected chi connectivity index (χ2v) is 5.93. The summed E-state index contributed by atoms with van der Waals surface area (Å²) in [6.07, 6.45) is 1.16. The summed E-state index contributed by atoms with van der Waals surface area (Å²) in [5.74, 6) is -1.55. The van der Waals surface area contributed by atoms with Gasteiger partial charge in [0, 0.05) is 24.8 Å². The molecular formula is C13H13F2N3O2S. The number of sulfonamides is 1. The molecule has 0 spiro atoms. The van der Waals surface area contributed by atoms with Crippen LogP contribution in [-0.2, 0) is 23.1 Å². The summed E-state index contributed by atoms with van der Waals surface area (Å²) >= 11 is 0. The number of pyridine rings is 1. The Kier molecular flexibility index (Phi) is 4.61. The van der Waals surface area contributed by atoms with Crippen LogP contribution >= 0.6 is 0 Å². The van der Waals surface area contributed by atoms with E-state index in [4.69, 9.17) is 5.73 Å². The highest BCUT2D eigenvalue weighted by Gasteiger charge is 2.20. The molecule has 8 heteroatoms. The molecule has 0 aliphatic rings. The van der Waals surface area contributed by atoms with E-state index in [1.54, 1.807) is 6.07 Å². The lowest BCUT2D eigenvalue weighted by atomic mass is 10.1. The molecule has 0 aliphatic carbocycles. The van der Waals surface area contributed by atoms with Gasteiger partial charge in [-0.05, 0) is 23.8 Å². The Morgan fingerprint density at radius 3 is 2.57 bits per heavy atom. The van der Waals surface area contributed by atoms with Gasteiger partial charge in [-0.15, -0.1) is 0 Å². The molecule has 2 rings (SSSR count). The lowest BCUT2D eigenvalue weighted by Crippen LogP contribution is -2.25. The van der Waals surface area contributed by atoms with Crippen LogP contribution in [0.1, 0.15) is 11.1 Å². The van der Waals surface area contributed by atoms with E-state index >= 15 is 0 Å². The summed E-state index contributed by atoms with van der Waals surface area (Å²) < 4.78 is 53.1. The molecule has 5 nitrogen and oxygen atoms in total. The number of nitrogens with one attached hydrogen (secondary N) is 1. The normalized spacial score (nSPS) is 11.6. The fourth-order valence-electron chi connectivity index (χ4n) is 1.67. The topological polar surface area (TPSA) is 85.1 Å². The molecule has 0 aliphatic heterocycles. The van der Waals surface area contributed by atoms with Gasteiger partial charge in [-0.2, -0.15) is 0 Å². The summed E-state index contributed by atoms with van der Waals surface area (Å²) in [4.78, 5) is 3.48. The fourth-order valence-corrected chi connectivity index (χ4v) is 2.68. The second-order valence-electron chi connectivity index (χ2n) is 4.24. The Morgan fingerprint density at radius 2 is 1.95 bits per heavy atom. The highest BCUT2D eigenvalue weighted by atomic mass is 32.2. The number of halogens is 2. The first kappa shape index (κ1) is 15.5. The SMILES string of the molecule is NCc1ccc(CNS(=O)(=O)c2ncccc2F)c(F)c1. The minimum atomic E-state index is -4.15. The van der Waals surface area contributed by atoms with E-state index in [-0.39, 0.29) is 18.7 Å². The first-order valence-corrected chi connectivity index (χ1v) is 7.50. The van der Waals surface area contributed by atoms with Crippen LogP contribution in [0.15, 0.2) is 41.6 Å². The molecule has 2 aromatic rings. The maximum Gasteiger partial charge on any atom is 0.261 e. The van der Waals surface area contributed by atoms with Gasteiger partial charge in [0.25, 0.3) is 10.0 Å². The monoisotopic (exact) mass is 313 g/mol. The van der Waals surface area contributed by atoms with E-state index in [0.717, 1.165) is 12.3 Å². The summed E-state index contributed by atoms with van der Waals surface area (Å²) in [5, 5.41) is -0.719. The van der Waals surface area contributed by atoms with Crippen molar-refractivity contribution in [3.63, 3.8) is 0 Å². The maximum absolute atomic E-state index is 13.7. The molecule has 112 valence electrons. The molecule has 21 heavy (non-hydrogen) atoms. The molecule has 0 saturated heterocycles. The third kappa shape index (κ3) is 3.60. The molecule has 3 N–H and O–H groups in total. The van der Waals surface area contributed by atoms with Crippen molar-refractivity contribution >= 4 is 10.0 Å². The summed E-state index contributed by atoms with van der Waals surface area (Å²) in [7, 11) is -4.15. The quantitative estimate of drug-likeness (QED) is 0.871. The van der Waals surface area contributed by atoms with Crippen LogP contribution < -0.4 is 10.5 Å². The second kappa shape index (κ2) is 6.25. The van der Waals surface area contributed by atoms with Gasteiger partial charge in [-0.25, -0.2) is 26.9 Å². The van der Waals surface area contributed by atoms with Crippen LogP contribution in [0.25, 0.3) is 0 Å². The number of nitrogens with two attached hydrogens (primary N) is 1. The Balaban J connectivity index is 2.18. The summed E-state index contributed by atoms with van der Waals surface area (Å²) in [5.41, 5.74) is 6.10. The van der Waals surface area contributed by atoms with Gasteiger partial charge in [0.15, 0.2) is 5.82 Å². The molecule has 0 amide bonds. The lowest BCUT2D eigenvalue weighted by molar-refractivity contribution is 0.542. The van der Waals surface area contributed by atoms with Crippen molar-refractivity contribution in [2.75, 3.05) is 0 Å². The predicted octanol–water partition coefficient (Wildman–Crippen LogP) is 1.30. The third-order valence-corrected chi connectivity index (χ3v) is 4.12. The van der Waals surface area contributed by atoms with Crippen LogP contribution in [0.5, 0.6) is 0 Å². The molecular weight excluding hydrogens is 300 g/mol. The standard InChI is InChI=1S/C13H13F2N3O2S/c14-11-2-1-5-17-13(11)21(19,20)18-8-10-4-3-9(7-16)6-12(10)15/h1-6,18H,7-8,16H2. The largest absolute Gasteiger partial charge is 0.326 e. The van der Waals surface area contributed by atoms with E-state index in [2.05, 4.69) is 9.71 Å². The lowest BCUT2D eigenvalue weighted by Gasteiger charge is -2.08. The Hall–Kier alpha value is -1.90. The molecule has 0 unspecified atom stereocenters. The average molecular weight is 313 g/mol. The van der Waals surface area contributed by atoms with Gasteiger partial charge in [0.05, 0.1) is 0 Å². The summed E-state index contributed by atoms with van der Waals surface area (Å²) in [6, 6.07) is 6.51. The van der Waals surface area contributed by atoms with Crippen molar-refractivity contribution in [1.82, 2.24) is 9.71 Å². The number of hydrogen-bond acceptors (Lipinski definition) is 4. The van der Waals surface area contributed by atoms with Gasteiger partial charge in [-0.3, -0.25) is 0 Å². The molecule has 0 radical (unpaired) electrons. The fraction of sp³-hybridized carbons (Fsp3) is 0.154. The number of nitrogens with zero attached hydrogens (tertiary/aromatic N) is 1. The van der Waals surface area contributed by atoms with E-state index < -0.39 is 26.7 Å². The van der Waals surface area contributed by atoms with Crippen LogP contribution in [0.2, 0.25) is 0 Å².